The molecule has 236 valence electrons. The number of nitrogens with one attached hydrogen (secondary N) is 1. The predicted molar refractivity (Wildman–Crippen MR) is 178 cm³/mol. The van der Waals surface area contributed by atoms with E-state index in [9.17, 15) is 18.0 Å². The van der Waals surface area contributed by atoms with Gasteiger partial charge in [0.25, 0.3) is 10.0 Å². The maximum absolute atomic E-state index is 14.5. The van der Waals surface area contributed by atoms with Gasteiger partial charge in [-0.2, -0.15) is 0 Å². The van der Waals surface area contributed by atoms with Crippen LogP contribution in [0.15, 0.2) is 108 Å². The van der Waals surface area contributed by atoms with Gasteiger partial charge in [-0.15, -0.1) is 0 Å². The highest BCUT2D eigenvalue weighted by Crippen LogP contribution is 2.35. The summed E-state index contributed by atoms with van der Waals surface area (Å²) < 4.78 is 34.8. The number of hydrogen-bond acceptors (Lipinski definition) is 5. The molecule has 0 aliphatic heterocycles. The summed E-state index contributed by atoms with van der Waals surface area (Å²) in [4.78, 5) is 29.6. The summed E-state index contributed by atoms with van der Waals surface area (Å²) in [6, 6.07) is 27.7. The number of ether oxygens (including phenoxy) is 1. The molecule has 45 heavy (non-hydrogen) atoms. The second-order valence-electron chi connectivity index (χ2n) is 10.3. The van der Waals surface area contributed by atoms with Crippen molar-refractivity contribution in [1.29, 1.82) is 0 Å². The molecule has 0 bridgehead atoms. The Morgan fingerprint density at radius 3 is 2.13 bits per heavy atom. The van der Waals surface area contributed by atoms with Crippen molar-refractivity contribution >= 4 is 50.7 Å². The van der Waals surface area contributed by atoms with Gasteiger partial charge >= 0.3 is 0 Å². The molecule has 0 spiro atoms. The lowest BCUT2D eigenvalue weighted by atomic mass is 10.0. The molecule has 0 aromatic heterocycles. The number of benzene rings is 4. The average Bonchev–Trinajstić information content (AvgIpc) is 3.04. The summed E-state index contributed by atoms with van der Waals surface area (Å²) in [7, 11) is -2.90. The molecule has 1 N–H and O–H groups in total. The minimum atomic E-state index is -4.31. The normalized spacial score (nSPS) is 11.8. The molecule has 0 radical (unpaired) electrons. The highest BCUT2D eigenvalue weighted by Gasteiger charge is 2.35. The SMILES string of the molecule is CCCNC(=O)C(Cc1ccccc1)N(Cc1cccc(Cl)c1)C(=O)CN(c1cc(Cl)ccc1OC)S(=O)(=O)c1ccccc1. The molecule has 0 aliphatic carbocycles. The number of methoxy groups -OCH3 is 1. The van der Waals surface area contributed by atoms with E-state index in [1.165, 1.54) is 36.3 Å². The van der Waals surface area contributed by atoms with Gasteiger partial charge in [0.05, 0.1) is 17.7 Å². The van der Waals surface area contributed by atoms with Crippen LogP contribution in [0, 0.1) is 0 Å². The van der Waals surface area contributed by atoms with Gasteiger partial charge in [-0.05, 0) is 60.0 Å². The van der Waals surface area contributed by atoms with Crippen LogP contribution in [0.3, 0.4) is 0 Å². The number of anilines is 1. The Kier molecular flexibility index (Phi) is 11.9. The van der Waals surface area contributed by atoms with Crippen molar-refractivity contribution in [3.8, 4) is 5.75 Å². The number of amides is 2. The summed E-state index contributed by atoms with van der Waals surface area (Å²) in [6.07, 6.45) is 0.901. The Morgan fingerprint density at radius 2 is 1.49 bits per heavy atom. The van der Waals surface area contributed by atoms with Gasteiger partial charge in [-0.3, -0.25) is 13.9 Å². The predicted octanol–water partition coefficient (Wildman–Crippen LogP) is 6.36. The number of hydrogen-bond donors (Lipinski definition) is 1. The van der Waals surface area contributed by atoms with Crippen LogP contribution in [-0.4, -0.2) is 51.4 Å². The van der Waals surface area contributed by atoms with E-state index in [1.807, 2.05) is 37.3 Å². The van der Waals surface area contributed by atoms with Gasteiger partial charge in [0.15, 0.2) is 0 Å². The van der Waals surface area contributed by atoms with E-state index in [0.29, 0.717) is 23.6 Å². The van der Waals surface area contributed by atoms with Crippen LogP contribution >= 0.6 is 23.2 Å². The van der Waals surface area contributed by atoms with Gasteiger partial charge in [0, 0.05) is 29.6 Å². The van der Waals surface area contributed by atoms with Crippen LogP contribution in [0.4, 0.5) is 5.69 Å². The molecule has 11 heteroatoms. The molecular weight excluding hydrogens is 633 g/mol. The number of sulfonamides is 1. The number of halogens is 2. The third-order valence-corrected chi connectivity index (χ3v) is 9.33. The third-order valence-electron chi connectivity index (χ3n) is 7.08. The maximum Gasteiger partial charge on any atom is 0.264 e. The van der Waals surface area contributed by atoms with Crippen molar-refractivity contribution in [2.24, 2.45) is 0 Å². The Bertz CT molecular complexity index is 1710. The first kappa shape index (κ1) is 33.8. The Hall–Kier alpha value is -4.05. The molecule has 4 aromatic carbocycles. The van der Waals surface area contributed by atoms with Crippen LogP contribution in [0.25, 0.3) is 0 Å². The van der Waals surface area contributed by atoms with Crippen LogP contribution in [-0.2, 0) is 32.6 Å². The first-order chi connectivity index (χ1) is 21.6. The average molecular weight is 669 g/mol. The third kappa shape index (κ3) is 8.78. The summed E-state index contributed by atoms with van der Waals surface area (Å²) >= 11 is 12.6. The molecule has 1 unspecified atom stereocenters. The zero-order valence-electron chi connectivity index (χ0n) is 25.0. The second kappa shape index (κ2) is 15.8. The van der Waals surface area contributed by atoms with Crippen molar-refractivity contribution in [2.45, 2.75) is 37.2 Å². The number of rotatable bonds is 14. The molecule has 0 heterocycles. The van der Waals surface area contributed by atoms with Crippen molar-refractivity contribution in [3.63, 3.8) is 0 Å². The minimum absolute atomic E-state index is 0.00233. The molecule has 1 atom stereocenters. The van der Waals surface area contributed by atoms with E-state index in [4.69, 9.17) is 27.9 Å². The molecule has 4 aromatic rings. The van der Waals surface area contributed by atoms with Crippen molar-refractivity contribution in [2.75, 3.05) is 24.5 Å². The zero-order chi connectivity index (χ0) is 32.4. The highest BCUT2D eigenvalue weighted by molar-refractivity contribution is 7.92. The summed E-state index contributed by atoms with van der Waals surface area (Å²) in [5, 5.41) is 3.64. The van der Waals surface area contributed by atoms with Gasteiger partial charge in [0.1, 0.15) is 18.3 Å². The van der Waals surface area contributed by atoms with Crippen molar-refractivity contribution in [3.05, 3.63) is 124 Å². The lowest BCUT2D eigenvalue weighted by molar-refractivity contribution is -0.140. The molecule has 0 fully saturated rings. The smallest absolute Gasteiger partial charge is 0.264 e. The van der Waals surface area contributed by atoms with Gasteiger partial charge in [-0.1, -0.05) is 90.8 Å². The number of carbonyl (C=O) groups is 2. The highest BCUT2D eigenvalue weighted by atomic mass is 35.5. The van der Waals surface area contributed by atoms with E-state index < -0.39 is 28.5 Å². The topological polar surface area (TPSA) is 96.0 Å². The maximum atomic E-state index is 14.5. The summed E-state index contributed by atoms with van der Waals surface area (Å²) in [5.41, 5.74) is 1.60. The fourth-order valence-electron chi connectivity index (χ4n) is 4.84. The van der Waals surface area contributed by atoms with Crippen LogP contribution in [0.5, 0.6) is 5.75 Å². The van der Waals surface area contributed by atoms with Gasteiger partial charge in [0.2, 0.25) is 11.8 Å². The molecule has 4 rings (SSSR count). The minimum Gasteiger partial charge on any atom is -0.495 e. The van der Waals surface area contributed by atoms with E-state index in [-0.39, 0.29) is 40.2 Å². The van der Waals surface area contributed by atoms with Crippen LogP contribution in [0.1, 0.15) is 24.5 Å². The Morgan fingerprint density at radius 1 is 0.844 bits per heavy atom. The molecule has 0 saturated carbocycles. The Labute approximate surface area is 274 Å². The van der Waals surface area contributed by atoms with Gasteiger partial charge < -0.3 is 15.0 Å². The standard InChI is InChI=1S/C34H35Cl2N3O5S/c1-3-19-37-34(41)31(21-25-11-6-4-7-12-25)38(23-26-13-10-14-27(35)20-26)33(40)24-39(30-22-28(36)17-18-32(30)44-2)45(42,43)29-15-8-5-9-16-29/h4-18,20,22,31H,3,19,21,23-24H2,1-2H3,(H,37,41). The zero-order valence-corrected chi connectivity index (χ0v) is 27.4. The lowest BCUT2D eigenvalue weighted by Gasteiger charge is -2.34. The summed E-state index contributed by atoms with van der Waals surface area (Å²) in [5.74, 6) is -0.757. The van der Waals surface area contributed by atoms with Crippen molar-refractivity contribution < 1.29 is 22.7 Å². The Balaban J connectivity index is 1.84. The molecular formula is C34H35Cl2N3O5S. The fraction of sp³-hybridized carbons (Fsp3) is 0.235. The number of carbonyl (C=O) groups excluding carboxylic acids is 2. The van der Waals surface area contributed by atoms with E-state index in [1.54, 1.807) is 48.5 Å². The van der Waals surface area contributed by atoms with Gasteiger partial charge in [-0.25, -0.2) is 8.42 Å². The molecule has 0 aliphatic rings. The largest absolute Gasteiger partial charge is 0.495 e. The molecule has 8 nitrogen and oxygen atoms in total. The first-order valence-electron chi connectivity index (χ1n) is 14.4. The second-order valence-corrected chi connectivity index (χ2v) is 13.0. The van der Waals surface area contributed by atoms with E-state index >= 15 is 0 Å². The van der Waals surface area contributed by atoms with E-state index in [0.717, 1.165) is 9.87 Å². The van der Waals surface area contributed by atoms with Crippen LogP contribution < -0.4 is 14.4 Å². The lowest BCUT2D eigenvalue weighted by Crippen LogP contribution is -2.53. The molecule has 2 amide bonds. The van der Waals surface area contributed by atoms with Crippen molar-refractivity contribution in [1.82, 2.24) is 10.2 Å². The van der Waals surface area contributed by atoms with E-state index in [2.05, 4.69) is 5.32 Å². The fourth-order valence-corrected chi connectivity index (χ4v) is 6.66. The first-order valence-corrected chi connectivity index (χ1v) is 16.6. The number of nitrogens with zero attached hydrogens (tertiary/aromatic N) is 2. The molecule has 0 saturated heterocycles. The monoisotopic (exact) mass is 667 g/mol. The summed E-state index contributed by atoms with van der Waals surface area (Å²) in [6.45, 7) is 1.72. The quantitative estimate of drug-likeness (QED) is 0.169. The van der Waals surface area contributed by atoms with Crippen LogP contribution in [0.2, 0.25) is 10.0 Å².